The van der Waals surface area contributed by atoms with Crippen LogP contribution in [-0.2, 0) is 4.79 Å². The summed E-state index contributed by atoms with van der Waals surface area (Å²) >= 11 is 3.34. The minimum Gasteiger partial charge on any atom is -0.397 e. The van der Waals surface area contributed by atoms with Crippen molar-refractivity contribution in [2.45, 2.75) is 38.5 Å². The summed E-state index contributed by atoms with van der Waals surface area (Å²) in [6.07, 6.45) is 8.28. The van der Waals surface area contributed by atoms with Crippen LogP contribution in [0.1, 0.15) is 38.5 Å². The Labute approximate surface area is 115 Å². The number of nitrogens with zero attached hydrogens (tertiary/aromatic N) is 1. The van der Waals surface area contributed by atoms with Gasteiger partial charge in [-0.25, -0.2) is 4.98 Å². The molecule has 1 aromatic rings. The molecule has 0 saturated heterocycles. The van der Waals surface area contributed by atoms with Crippen LogP contribution in [0.25, 0.3) is 0 Å². The summed E-state index contributed by atoms with van der Waals surface area (Å²) in [6, 6.07) is 1.74. The fourth-order valence-corrected chi connectivity index (χ4v) is 2.84. The third kappa shape index (κ3) is 3.70. The molecular weight excluding hydrogens is 294 g/mol. The predicted molar refractivity (Wildman–Crippen MR) is 76.2 cm³/mol. The molecule has 0 aromatic carbocycles. The lowest BCUT2D eigenvalue weighted by atomic mass is 10.0. The van der Waals surface area contributed by atoms with Gasteiger partial charge < -0.3 is 11.1 Å². The number of halogens is 1. The second kappa shape index (κ2) is 6.18. The van der Waals surface area contributed by atoms with Crippen molar-refractivity contribution in [3.05, 3.63) is 16.7 Å². The Hall–Kier alpha value is -1.10. The molecule has 1 amide bonds. The molecule has 1 aliphatic carbocycles. The van der Waals surface area contributed by atoms with Crippen LogP contribution >= 0.6 is 15.9 Å². The first-order chi connectivity index (χ1) is 8.65. The molecule has 0 radical (unpaired) electrons. The van der Waals surface area contributed by atoms with Gasteiger partial charge in [0.2, 0.25) is 5.91 Å². The highest BCUT2D eigenvalue weighted by molar-refractivity contribution is 9.10. The smallest absolute Gasteiger partial charge is 0.225 e. The molecule has 5 heteroatoms. The van der Waals surface area contributed by atoms with Crippen LogP contribution in [0.15, 0.2) is 16.7 Å². The molecule has 1 aliphatic rings. The van der Waals surface area contributed by atoms with Crippen molar-refractivity contribution in [3.8, 4) is 0 Å². The van der Waals surface area contributed by atoms with Gasteiger partial charge in [0.15, 0.2) is 0 Å². The van der Waals surface area contributed by atoms with E-state index in [0.717, 1.165) is 16.8 Å². The number of amides is 1. The first kappa shape index (κ1) is 13.3. The Balaban J connectivity index is 1.82. The second-order valence-electron chi connectivity index (χ2n) is 4.84. The monoisotopic (exact) mass is 311 g/mol. The Bertz CT molecular complexity index is 430. The van der Waals surface area contributed by atoms with Crippen molar-refractivity contribution < 1.29 is 4.79 Å². The zero-order chi connectivity index (χ0) is 13.0. The zero-order valence-electron chi connectivity index (χ0n) is 10.3. The van der Waals surface area contributed by atoms with Gasteiger partial charge in [-0.1, -0.05) is 25.7 Å². The number of pyridine rings is 1. The number of carbonyl (C=O) groups is 1. The summed E-state index contributed by atoms with van der Waals surface area (Å²) < 4.78 is 0.719. The van der Waals surface area contributed by atoms with Gasteiger partial charge in [-0.3, -0.25) is 4.79 Å². The molecule has 0 atom stereocenters. The summed E-state index contributed by atoms with van der Waals surface area (Å²) in [6.45, 7) is 0. The molecule has 2 rings (SSSR count). The Morgan fingerprint density at radius 2 is 2.22 bits per heavy atom. The molecular formula is C13H18BrN3O. The predicted octanol–water partition coefficient (Wildman–Crippen LogP) is 3.34. The van der Waals surface area contributed by atoms with Gasteiger partial charge >= 0.3 is 0 Å². The minimum absolute atomic E-state index is 0.0277. The van der Waals surface area contributed by atoms with Crippen molar-refractivity contribution in [1.82, 2.24) is 4.98 Å². The van der Waals surface area contributed by atoms with E-state index in [4.69, 9.17) is 5.73 Å². The summed E-state index contributed by atoms with van der Waals surface area (Å²) in [7, 11) is 0. The second-order valence-corrected chi connectivity index (χ2v) is 5.69. The van der Waals surface area contributed by atoms with Crippen molar-refractivity contribution in [2.75, 3.05) is 11.1 Å². The highest BCUT2D eigenvalue weighted by Crippen LogP contribution is 2.29. The van der Waals surface area contributed by atoms with Crippen LogP contribution in [0.3, 0.4) is 0 Å². The van der Waals surface area contributed by atoms with Crippen LogP contribution in [0, 0.1) is 5.92 Å². The minimum atomic E-state index is 0.0277. The van der Waals surface area contributed by atoms with Crippen LogP contribution in [0.2, 0.25) is 0 Å². The number of carbonyl (C=O) groups excluding carboxylic acids is 1. The van der Waals surface area contributed by atoms with Crippen LogP contribution in [0.4, 0.5) is 11.5 Å². The molecule has 0 bridgehead atoms. The number of hydrogen-bond acceptors (Lipinski definition) is 3. The van der Waals surface area contributed by atoms with Crippen molar-refractivity contribution >= 4 is 33.3 Å². The fraction of sp³-hybridized carbons (Fsp3) is 0.538. The van der Waals surface area contributed by atoms with Gasteiger partial charge in [0.05, 0.1) is 16.4 Å². The number of nitrogen functional groups attached to an aromatic ring is 1. The topological polar surface area (TPSA) is 68.0 Å². The molecule has 18 heavy (non-hydrogen) atoms. The molecule has 0 unspecified atom stereocenters. The van der Waals surface area contributed by atoms with E-state index in [1.54, 1.807) is 6.07 Å². The van der Waals surface area contributed by atoms with Crippen molar-refractivity contribution in [1.29, 1.82) is 0 Å². The van der Waals surface area contributed by atoms with Gasteiger partial charge in [0, 0.05) is 6.42 Å². The van der Waals surface area contributed by atoms with Gasteiger partial charge in [-0.05, 0) is 34.3 Å². The molecule has 1 saturated carbocycles. The molecule has 0 spiro atoms. The number of anilines is 2. The Morgan fingerprint density at radius 1 is 1.50 bits per heavy atom. The largest absolute Gasteiger partial charge is 0.397 e. The third-order valence-corrected chi connectivity index (χ3v) is 3.98. The van der Waals surface area contributed by atoms with Crippen LogP contribution in [-0.4, -0.2) is 10.9 Å². The molecule has 0 aliphatic heterocycles. The number of nitrogens with one attached hydrogen (secondary N) is 1. The van der Waals surface area contributed by atoms with E-state index in [9.17, 15) is 4.79 Å². The van der Waals surface area contributed by atoms with Crippen molar-refractivity contribution in [3.63, 3.8) is 0 Å². The molecule has 1 heterocycles. The average molecular weight is 312 g/mol. The van der Waals surface area contributed by atoms with Crippen LogP contribution < -0.4 is 11.1 Å². The average Bonchev–Trinajstić information content (AvgIpc) is 2.83. The van der Waals surface area contributed by atoms with E-state index in [0.29, 0.717) is 17.9 Å². The lowest BCUT2D eigenvalue weighted by Gasteiger charge is -2.09. The first-order valence-electron chi connectivity index (χ1n) is 6.36. The maximum Gasteiger partial charge on any atom is 0.225 e. The van der Waals surface area contributed by atoms with E-state index in [2.05, 4.69) is 26.2 Å². The molecule has 4 nitrogen and oxygen atoms in total. The lowest BCUT2D eigenvalue weighted by Crippen LogP contribution is -2.14. The molecule has 1 aromatic heterocycles. The van der Waals surface area contributed by atoms with E-state index < -0.39 is 0 Å². The summed E-state index contributed by atoms with van der Waals surface area (Å²) in [5.74, 6) is 1.30. The third-order valence-electron chi connectivity index (χ3n) is 3.37. The summed E-state index contributed by atoms with van der Waals surface area (Å²) in [5.41, 5.74) is 6.17. The van der Waals surface area contributed by atoms with Gasteiger partial charge in [0.25, 0.3) is 0 Å². The maximum absolute atomic E-state index is 11.8. The van der Waals surface area contributed by atoms with Gasteiger partial charge in [-0.15, -0.1) is 0 Å². The molecule has 1 fully saturated rings. The molecule has 3 N–H and O–H groups in total. The fourth-order valence-electron chi connectivity index (χ4n) is 2.37. The quantitative estimate of drug-likeness (QED) is 0.896. The van der Waals surface area contributed by atoms with E-state index >= 15 is 0 Å². The highest BCUT2D eigenvalue weighted by Gasteiger charge is 2.16. The normalized spacial score (nSPS) is 15.8. The van der Waals surface area contributed by atoms with E-state index in [1.807, 2.05) is 0 Å². The van der Waals surface area contributed by atoms with Crippen molar-refractivity contribution in [2.24, 2.45) is 5.92 Å². The number of hydrogen-bond donors (Lipinski definition) is 2. The van der Waals surface area contributed by atoms with E-state index in [1.165, 1.54) is 31.9 Å². The first-order valence-corrected chi connectivity index (χ1v) is 7.15. The summed E-state index contributed by atoms with van der Waals surface area (Å²) in [5, 5.41) is 2.81. The zero-order valence-corrected chi connectivity index (χ0v) is 11.9. The SMILES string of the molecule is Nc1cnc(NC(=O)CCC2CCCC2)c(Br)c1. The number of nitrogens with two attached hydrogens (primary N) is 1. The van der Waals surface area contributed by atoms with Gasteiger partial charge in [0.1, 0.15) is 5.82 Å². The standard InChI is InChI=1S/C13H18BrN3O/c14-11-7-10(15)8-16-13(11)17-12(18)6-5-9-3-1-2-4-9/h7-9H,1-6,15H2,(H,16,17,18). The lowest BCUT2D eigenvalue weighted by molar-refractivity contribution is -0.116. The summed E-state index contributed by atoms with van der Waals surface area (Å²) in [4.78, 5) is 15.9. The number of rotatable bonds is 4. The molecule has 98 valence electrons. The maximum atomic E-state index is 11.8. The number of aromatic nitrogens is 1. The highest BCUT2D eigenvalue weighted by atomic mass is 79.9. The van der Waals surface area contributed by atoms with E-state index in [-0.39, 0.29) is 5.91 Å². The Morgan fingerprint density at radius 3 is 2.89 bits per heavy atom. The van der Waals surface area contributed by atoms with Crippen LogP contribution in [0.5, 0.6) is 0 Å². The Kier molecular flexibility index (Phi) is 4.58. The van der Waals surface area contributed by atoms with Gasteiger partial charge in [-0.2, -0.15) is 0 Å².